The first-order valence-corrected chi connectivity index (χ1v) is 20.1. The summed E-state index contributed by atoms with van der Waals surface area (Å²) in [7, 11) is 2.57. The van der Waals surface area contributed by atoms with Crippen LogP contribution in [-0.4, -0.2) is 103 Å². The molecule has 0 spiro atoms. The van der Waals surface area contributed by atoms with Crippen molar-refractivity contribution in [3.8, 4) is 33.8 Å². The lowest BCUT2D eigenvalue weighted by molar-refractivity contribution is -0.138. The fourth-order valence-electron chi connectivity index (χ4n) is 8.12. The molecule has 6 heterocycles. The van der Waals surface area contributed by atoms with E-state index in [9.17, 15) is 19.2 Å². The number of aromatic amines is 2. The Hall–Kier alpha value is -6.32. The van der Waals surface area contributed by atoms with E-state index < -0.39 is 29.8 Å². The molecular weight excluding hydrogens is 753 g/mol. The van der Waals surface area contributed by atoms with Crippen molar-refractivity contribution in [1.82, 2.24) is 50.3 Å². The van der Waals surface area contributed by atoms with Gasteiger partial charge in [0.1, 0.15) is 23.7 Å². The first-order valence-electron chi connectivity index (χ1n) is 20.1. The Balaban J connectivity index is 1.03. The summed E-state index contributed by atoms with van der Waals surface area (Å²) in [5, 5.41) is 5.40. The lowest BCUT2D eigenvalue weighted by Crippen LogP contribution is -2.55. The van der Waals surface area contributed by atoms with Crippen LogP contribution >= 0.6 is 0 Å². The lowest BCUT2D eigenvalue weighted by atomic mass is 9.95. The summed E-state index contributed by atoms with van der Waals surface area (Å²) in [6, 6.07) is 14.2. The molecule has 2 aliphatic heterocycles. The maximum Gasteiger partial charge on any atom is 0.407 e. The molecule has 2 saturated heterocycles. The molecule has 1 aromatic carbocycles. The Kier molecular flexibility index (Phi) is 11.7. The number of nitrogens with zero attached hydrogens (tertiary/aromatic N) is 6. The first-order chi connectivity index (χ1) is 28.3. The highest BCUT2D eigenvalue weighted by molar-refractivity contribution is 5.87. The highest BCUT2D eigenvalue weighted by Crippen LogP contribution is 2.39. The van der Waals surface area contributed by atoms with Gasteiger partial charge in [0.15, 0.2) is 5.65 Å². The third-order valence-electron chi connectivity index (χ3n) is 11.5. The molecule has 2 aliphatic rings. The van der Waals surface area contributed by atoms with Gasteiger partial charge in [0, 0.05) is 30.4 Å². The molecule has 0 saturated carbocycles. The van der Waals surface area contributed by atoms with Crippen molar-refractivity contribution in [2.75, 3.05) is 27.3 Å². The number of pyridine rings is 2. The second-order valence-electron chi connectivity index (χ2n) is 16.1. The molecular formula is C43H52N10O6. The molecule has 16 heteroatoms. The number of alkyl carbamates (subject to hydrolysis) is 2. The average Bonchev–Trinajstić information content (AvgIpc) is 4.07. The molecule has 7 rings (SSSR count). The van der Waals surface area contributed by atoms with Crippen LogP contribution in [0, 0.1) is 11.8 Å². The minimum Gasteiger partial charge on any atom is -0.453 e. The van der Waals surface area contributed by atoms with Gasteiger partial charge in [-0.2, -0.15) is 0 Å². The van der Waals surface area contributed by atoms with Crippen LogP contribution in [-0.2, 0) is 24.6 Å². The minimum absolute atomic E-state index is 0.113. The molecule has 0 aliphatic carbocycles. The van der Waals surface area contributed by atoms with Gasteiger partial charge in [-0.1, -0.05) is 52.0 Å². The van der Waals surface area contributed by atoms with Crippen molar-refractivity contribution >= 4 is 35.2 Å². The molecule has 4 N–H and O–H groups in total. The number of ether oxygens (including phenoxy) is 2. The molecule has 0 radical (unpaired) electrons. The number of imidazole rings is 2. The highest BCUT2D eigenvalue weighted by atomic mass is 16.5. The van der Waals surface area contributed by atoms with Crippen LogP contribution in [0.5, 0.6) is 0 Å². The molecule has 2 fully saturated rings. The van der Waals surface area contributed by atoms with Gasteiger partial charge in [-0.05, 0) is 74.3 Å². The Morgan fingerprint density at radius 1 is 0.746 bits per heavy atom. The van der Waals surface area contributed by atoms with Crippen molar-refractivity contribution in [3.05, 3.63) is 72.6 Å². The topological polar surface area (TPSA) is 200 Å². The lowest BCUT2D eigenvalue weighted by Gasteiger charge is -2.36. The number of carbonyl (C=O) groups excluding carboxylic acids is 4. The first kappa shape index (κ1) is 40.9. The van der Waals surface area contributed by atoms with E-state index in [1.165, 1.54) is 14.2 Å². The van der Waals surface area contributed by atoms with E-state index in [4.69, 9.17) is 24.4 Å². The van der Waals surface area contributed by atoms with Crippen molar-refractivity contribution in [3.63, 3.8) is 0 Å². The van der Waals surface area contributed by atoms with Gasteiger partial charge in [0.2, 0.25) is 11.8 Å². The summed E-state index contributed by atoms with van der Waals surface area (Å²) >= 11 is 0. The van der Waals surface area contributed by atoms with Crippen LogP contribution in [0.4, 0.5) is 9.59 Å². The fourth-order valence-corrected chi connectivity index (χ4v) is 8.12. The number of hydrogen-bond acceptors (Lipinski definition) is 10. The molecule has 0 bridgehead atoms. The van der Waals surface area contributed by atoms with Gasteiger partial charge < -0.3 is 39.9 Å². The number of rotatable bonds is 11. The van der Waals surface area contributed by atoms with Crippen molar-refractivity contribution in [2.45, 2.75) is 84.0 Å². The van der Waals surface area contributed by atoms with Crippen LogP contribution in [0.3, 0.4) is 0 Å². The zero-order chi connectivity index (χ0) is 42.0. The van der Waals surface area contributed by atoms with E-state index in [1.807, 2.05) is 83.1 Å². The molecule has 4 unspecified atom stereocenters. The smallest absolute Gasteiger partial charge is 0.407 e. The van der Waals surface area contributed by atoms with Crippen molar-refractivity contribution in [2.24, 2.45) is 11.8 Å². The van der Waals surface area contributed by atoms with E-state index in [-0.39, 0.29) is 29.7 Å². The van der Waals surface area contributed by atoms with E-state index in [0.717, 1.165) is 52.9 Å². The summed E-state index contributed by atoms with van der Waals surface area (Å²) in [5.74, 6) is 0.776. The number of hydrogen-bond donors (Lipinski definition) is 4. The van der Waals surface area contributed by atoms with Gasteiger partial charge >= 0.3 is 12.2 Å². The van der Waals surface area contributed by atoms with E-state index >= 15 is 0 Å². The summed E-state index contributed by atoms with van der Waals surface area (Å²) in [6.07, 6.45) is 5.43. The van der Waals surface area contributed by atoms with Crippen LogP contribution in [0.15, 0.2) is 60.9 Å². The van der Waals surface area contributed by atoms with Gasteiger partial charge in [-0.15, -0.1) is 0 Å². The number of carbonyl (C=O) groups is 4. The Bertz CT molecular complexity index is 2320. The van der Waals surface area contributed by atoms with E-state index in [2.05, 4.69) is 25.6 Å². The van der Waals surface area contributed by atoms with Crippen molar-refractivity contribution < 1.29 is 28.7 Å². The predicted octanol–water partition coefficient (Wildman–Crippen LogP) is 6.34. The normalized spacial score (nSPS) is 19.0. The summed E-state index contributed by atoms with van der Waals surface area (Å²) < 4.78 is 9.54. The maximum atomic E-state index is 13.8. The van der Waals surface area contributed by atoms with Crippen LogP contribution < -0.4 is 10.6 Å². The molecule has 4 atom stereocenters. The van der Waals surface area contributed by atoms with E-state index in [0.29, 0.717) is 42.5 Å². The van der Waals surface area contributed by atoms with E-state index in [1.54, 1.807) is 22.2 Å². The maximum absolute atomic E-state index is 13.8. The van der Waals surface area contributed by atoms with Crippen LogP contribution in [0.25, 0.3) is 44.9 Å². The number of fused-ring (bicyclic) bond motifs is 1. The zero-order valence-electron chi connectivity index (χ0n) is 34.5. The largest absolute Gasteiger partial charge is 0.453 e. The van der Waals surface area contributed by atoms with Crippen LogP contribution in [0.1, 0.15) is 78.0 Å². The third-order valence-corrected chi connectivity index (χ3v) is 11.5. The SMILES string of the molecule is COC(=O)NC(C(=O)N1CCCC1c1ncc(-c2ccc(-c3ccc(-c4ccc5[nH]c(C6(C)CCCN6C(=O)C(NC(=O)OC)C(C)C)nc5n4)cn3)cc2)[nH]1)C(C)C. The average molecular weight is 805 g/mol. The number of H-pyrrole nitrogens is 2. The number of nitrogens with one attached hydrogen (secondary N) is 4. The number of aromatic nitrogens is 6. The summed E-state index contributed by atoms with van der Waals surface area (Å²) in [6.45, 7) is 10.7. The fraction of sp³-hybridized carbons (Fsp3) is 0.442. The van der Waals surface area contributed by atoms with Gasteiger partial charge in [-0.25, -0.2) is 24.5 Å². The predicted molar refractivity (Wildman–Crippen MR) is 220 cm³/mol. The molecule has 310 valence electrons. The molecule has 4 aromatic heterocycles. The number of amides is 4. The molecule has 16 nitrogen and oxygen atoms in total. The quantitative estimate of drug-likeness (QED) is 0.117. The highest BCUT2D eigenvalue weighted by Gasteiger charge is 2.46. The van der Waals surface area contributed by atoms with Gasteiger partial charge in [0.05, 0.1) is 54.6 Å². The van der Waals surface area contributed by atoms with Crippen molar-refractivity contribution in [1.29, 1.82) is 0 Å². The zero-order valence-corrected chi connectivity index (χ0v) is 34.5. The third kappa shape index (κ3) is 8.21. The summed E-state index contributed by atoms with van der Waals surface area (Å²) in [4.78, 5) is 81.0. The minimum atomic E-state index is -0.733. The molecule has 5 aromatic rings. The molecule has 4 amide bonds. The summed E-state index contributed by atoms with van der Waals surface area (Å²) in [5.41, 5.74) is 5.66. The standard InChI is InChI=1S/C43H52N10O6/c1-24(2)34(49-41(56)58-6)38(54)52-20-8-10-33(52)37-45-23-32(47-37)27-13-11-26(12-14-27)29-16-15-28(22-44-29)30-17-18-31-36(46-30)51-40(48-31)43(5)19-9-21-53(43)39(55)35(25(3)4)50-42(57)59-7/h11-18,22-25,33-35H,8-10,19-21H2,1-7H3,(H,45,47)(H,49,56)(H,50,57)(H,46,48,51). The Morgan fingerprint density at radius 2 is 1.39 bits per heavy atom. The second-order valence-corrected chi connectivity index (χ2v) is 16.1. The molecule has 59 heavy (non-hydrogen) atoms. The Labute approximate surface area is 342 Å². The monoisotopic (exact) mass is 804 g/mol. The number of benzene rings is 1. The van der Waals surface area contributed by atoms with Crippen LogP contribution in [0.2, 0.25) is 0 Å². The number of methoxy groups -OCH3 is 2. The second kappa shape index (κ2) is 16.9. The van der Waals surface area contributed by atoms with Gasteiger partial charge in [-0.3, -0.25) is 14.6 Å². The van der Waals surface area contributed by atoms with Gasteiger partial charge in [0.25, 0.3) is 0 Å². The number of likely N-dealkylation sites (tertiary alicyclic amines) is 2. The Morgan fingerprint density at radius 3 is 2.03 bits per heavy atom.